The van der Waals surface area contributed by atoms with Crippen LogP contribution in [0, 0.1) is 5.92 Å². The molecule has 0 N–H and O–H groups in total. The number of hydrogen-bond donors (Lipinski definition) is 0. The van der Waals surface area contributed by atoms with Crippen molar-refractivity contribution in [2.75, 3.05) is 6.61 Å². The first-order chi connectivity index (χ1) is 10.5. The predicted octanol–water partition coefficient (Wildman–Crippen LogP) is 4.99. The Kier molecular flexibility index (Phi) is 8.00. The number of para-hydroxylation sites is 1. The molecule has 0 spiro atoms. The standard InChI is InChI=1S/C19H30O3/c1-5-21-18(20)19(4,15-11-7-8-12-16(2)3)22-17-13-9-6-10-14-17/h6,9-10,13-14,16H,5,7-8,11-12,15H2,1-4H3. The van der Waals surface area contributed by atoms with Gasteiger partial charge in [0.05, 0.1) is 6.61 Å². The molecule has 0 aliphatic heterocycles. The monoisotopic (exact) mass is 306 g/mol. The lowest BCUT2D eigenvalue weighted by atomic mass is 9.96. The summed E-state index contributed by atoms with van der Waals surface area (Å²) in [6.45, 7) is 8.51. The Morgan fingerprint density at radius 2 is 1.82 bits per heavy atom. The van der Waals surface area contributed by atoms with Crippen LogP contribution in [-0.2, 0) is 9.53 Å². The van der Waals surface area contributed by atoms with Crippen LogP contribution >= 0.6 is 0 Å². The predicted molar refractivity (Wildman–Crippen MR) is 90.0 cm³/mol. The second-order valence-electron chi connectivity index (χ2n) is 6.36. The van der Waals surface area contributed by atoms with Crippen LogP contribution in [0.4, 0.5) is 0 Å². The van der Waals surface area contributed by atoms with E-state index in [4.69, 9.17) is 9.47 Å². The summed E-state index contributed by atoms with van der Waals surface area (Å²) in [4.78, 5) is 12.3. The van der Waals surface area contributed by atoms with Crippen LogP contribution in [0.15, 0.2) is 30.3 Å². The summed E-state index contributed by atoms with van der Waals surface area (Å²) in [6, 6.07) is 9.49. The first kappa shape index (κ1) is 18.5. The minimum absolute atomic E-state index is 0.275. The number of unbranched alkanes of at least 4 members (excludes halogenated alkanes) is 2. The topological polar surface area (TPSA) is 35.5 Å². The maximum absolute atomic E-state index is 12.3. The Bertz CT molecular complexity index is 428. The van der Waals surface area contributed by atoms with Gasteiger partial charge in [-0.25, -0.2) is 4.79 Å². The third-order valence-corrected chi connectivity index (χ3v) is 3.73. The van der Waals surface area contributed by atoms with E-state index in [2.05, 4.69) is 13.8 Å². The molecule has 3 nitrogen and oxygen atoms in total. The van der Waals surface area contributed by atoms with Crippen LogP contribution in [0.1, 0.15) is 59.8 Å². The molecule has 1 unspecified atom stereocenters. The van der Waals surface area contributed by atoms with Crippen LogP contribution in [0.2, 0.25) is 0 Å². The molecule has 0 radical (unpaired) electrons. The van der Waals surface area contributed by atoms with Gasteiger partial charge in [-0.15, -0.1) is 0 Å². The molecule has 0 saturated heterocycles. The minimum Gasteiger partial charge on any atom is -0.476 e. The Labute approximate surface area is 135 Å². The molecule has 0 heterocycles. The van der Waals surface area contributed by atoms with E-state index in [0.29, 0.717) is 18.8 Å². The summed E-state index contributed by atoms with van der Waals surface area (Å²) in [5, 5.41) is 0. The summed E-state index contributed by atoms with van der Waals surface area (Å²) < 4.78 is 11.2. The van der Waals surface area contributed by atoms with Crippen molar-refractivity contribution in [3.8, 4) is 5.75 Å². The second-order valence-corrected chi connectivity index (χ2v) is 6.36. The summed E-state index contributed by atoms with van der Waals surface area (Å²) in [5.74, 6) is 1.17. The van der Waals surface area contributed by atoms with Gasteiger partial charge in [0, 0.05) is 0 Å². The molecule has 1 atom stereocenters. The van der Waals surface area contributed by atoms with Crippen molar-refractivity contribution in [1.29, 1.82) is 0 Å². The van der Waals surface area contributed by atoms with E-state index in [9.17, 15) is 4.79 Å². The molecule has 0 bridgehead atoms. The van der Waals surface area contributed by atoms with Gasteiger partial charge >= 0.3 is 5.97 Å². The van der Waals surface area contributed by atoms with Gasteiger partial charge < -0.3 is 9.47 Å². The van der Waals surface area contributed by atoms with Crippen LogP contribution < -0.4 is 4.74 Å². The summed E-state index contributed by atoms with van der Waals surface area (Å²) >= 11 is 0. The van der Waals surface area contributed by atoms with Gasteiger partial charge in [-0.2, -0.15) is 0 Å². The van der Waals surface area contributed by atoms with E-state index < -0.39 is 5.60 Å². The highest BCUT2D eigenvalue weighted by Gasteiger charge is 2.36. The average molecular weight is 306 g/mol. The van der Waals surface area contributed by atoms with Gasteiger partial charge in [0.2, 0.25) is 5.60 Å². The van der Waals surface area contributed by atoms with Crippen LogP contribution in [-0.4, -0.2) is 18.2 Å². The molecule has 0 aliphatic carbocycles. The number of carbonyl (C=O) groups is 1. The fourth-order valence-electron chi connectivity index (χ4n) is 2.42. The smallest absolute Gasteiger partial charge is 0.350 e. The molecule has 22 heavy (non-hydrogen) atoms. The van der Waals surface area contributed by atoms with Crippen molar-refractivity contribution in [2.24, 2.45) is 5.92 Å². The Hall–Kier alpha value is -1.51. The zero-order chi connectivity index (χ0) is 16.4. The lowest BCUT2D eigenvalue weighted by Gasteiger charge is -2.28. The zero-order valence-corrected chi connectivity index (χ0v) is 14.4. The largest absolute Gasteiger partial charge is 0.476 e. The molecule has 0 aliphatic rings. The zero-order valence-electron chi connectivity index (χ0n) is 14.4. The van der Waals surface area contributed by atoms with Gasteiger partial charge in [-0.1, -0.05) is 51.3 Å². The number of rotatable bonds is 10. The molecule has 3 heteroatoms. The lowest BCUT2D eigenvalue weighted by Crippen LogP contribution is -2.43. The number of hydrogen-bond acceptors (Lipinski definition) is 3. The maximum atomic E-state index is 12.3. The van der Waals surface area contributed by atoms with Crippen molar-refractivity contribution in [3.05, 3.63) is 30.3 Å². The van der Waals surface area contributed by atoms with Crippen molar-refractivity contribution in [3.63, 3.8) is 0 Å². The number of benzene rings is 1. The average Bonchev–Trinajstić information content (AvgIpc) is 2.48. The van der Waals surface area contributed by atoms with Gasteiger partial charge in [0.1, 0.15) is 5.75 Å². The van der Waals surface area contributed by atoms with E-state index in [1.165, 1.54) is 12.8 Å². The van der Waals surface area contributed by atoms with E-state index in [1.807, 2.05) is 44.2 Å². The minimum atomic E-state index is -0.908. The quantitative estimate of drug-likeness (QED) is 0.451. The lowest BCUT2D eigenvalue weighted by molar-refractivity contribution is -0.161. The molecule has 124 valence electrons. The van der Waals surface area contributed by atoms with Crippen molar-refractivity contribution in [1.82, 2.24) is 0 Å². The molecular formula is C19H30O3. The van der Waals surface area contributed by atoms with Gasteiger partial charge in [-0.3, -0.25) is 0 Å². The normalized spacial score (nSPS) is 13.7. The number of carbonyl (C=O) groups excluding carboxylic acids is 1. The molecule has 0 aromatic heterocycles. The van der Waals surface area contributed by atoms with Crippen LogP contribution in [0.3, 0.4) is 0 Å². The van der Waals surface area contributed by atoms with Crippen molar-refractivity contribution in [2.45, 2.75) is 65.4 Å². The van der Waals surface area contributed by atoms with Crippen LogP contribution in [0.25, 0.3) is 0 Å². The first-order valence-electron chi connectivity index (χ1n) is 8.39. The third kappa shape index (κ3) is 6.50. The summed E-state index contributed by atoms with van der Waals surface area (Å²) in [7, 11) is 0. The maximum Gasteiger partial charge on any atom is 0.350 e. The van der Waals surface area contributed by atoms with Crippen molar-refractivity contribution >= 4 is 5.97 Å². The van der Waals surface area contributed by atoms with Gasteiger partial charge in [0.25, 0.3) is 0 Å². The Morgan fingerprint density at radius 3 is 2.41 bits per heavy atom. The highest BCUT2D eigenvalue weighted by atomic mass is 16.6. The van der Waals surface area contributed by atoms with Crippen molar-refractivity contribution < 1.29 is 14.3 Å². The highest BCUT2D eigenvalue weighted by Crippen LogP contribution is 2.25. The third-order valence-electron chi connectivity index (χ3n) is 3.73. The molecule has 1 aromatic rings. The molecular weight excluding hydrogens is 276 g/mol. The second kappa shape index (κ2) is 9.50. The fourth-order valence-corrected chi connectivity index (χ4v) is 2.42. The number of esters is 1. The fraction of sp³-hybridized carbons (Fsp3) is 0.632. The molecule has 0 amide bonds. The first-order valence-corrected chi connectivity index (χ1v) is 8.39. The van der Waals surface area contributed by atoms with E-state index in [0.717, 1.165) is 18.8 Å². The van der Waals surface area contributed by atoms with Gasteiger partial charge in [-0.05, 0) is 44.7 Å². The molecule has 0 saturated carbocycles. The SMILES string of the molecule is CCOC(=O)C(C)(CCCCCC(C)C)Oc1ccccc1. The van der Waals surface area contributed by atoms with E-state index in [1.54, 1.807) is 0 Å². The molecule has 0 fully saturated rings. The van der Waals surface area contributed by atoms with Gasteiger partial charge in [0.15, 0.2) is 0 Å². The molecule has 1 rings (SSSR count). The van der Waals surface area contributed by atoms with E-state index >= 15 is 0 Å². The Balaban J connectivity index is 2.60. The Morgan fingerprint density at radius 1 is 1.14 bits per heavy atom. The van der Waals surface area contributed by atoms with Crippen LogP contribution in [0.5, 0.6) is 5.75 Å². The number of ether oxygens (including phenoxy) is 2. The molecule has 1 aromatic carbocycles. The summed E-state index contributed by atoms with van der Waals surface area (Å²) in [6.07, 6.45) is 5.19. The summed E-state index contributed by atoms with van der Waals surface area (Å²) in [5.41, 5.74) is -0.908. The van der Waals surface area contributed by atoms with E-state index in [-0.39, 0.29) is 5.97 Å². The highest BCUT2D eigenvalue weighted by molar-refractivity contribution is 5.79.